The first-order valence-corrected chi connectivity index (χ1v) is 10.3. The summed E-state index contributed by atoms with van der Waals surface area (Å²) in [6, 6.07) is 12.5. The Hall–Kier alpha value is -3.02. The van der Waals surface area contributed by atoms with Gasteiger partial charge in [-0.1, -0.05) is 6.92 Å². The first kappa shape index (κ1) is 19.3. The Morgan fingerprint density at radius 3 is 2.48 bits per heavy atom. The molecule has 2 aliphatic rings. The topological polar surface area (TPSA) is 67.9 Å². The molecule has 2 aromatic rings. The van der Waals surface area contributed by atoms with Crippen LogP contribution in [0.2, 0.25) is 0 Å². The molecule has 0 radical (unpaired) electrons. The zero-order valence-electron chi connectivity index (χ0n) is 16.6. The lowest BCUT2D eigenvalue weighted by Crippen LogP contribution is -2.43. The highest BCUT2D eigenvalue weighted by molar-refractivity contribution is 6.05. The number of amides is 2. The number of hydrogen-bond donors (Lipinski definition) is 1. The normalized spacial score (nSPS) is 18.2. The molecule has 6 heteroatoms. The van der Waals surface area contributed by atoms with Crippen LogP contribution in [0.15, 0.2) is 42.5 Å². The van der Waals surface area contributed by atoms with E-state index in [-0.39, 0.29) is 11.8 Å². The monoisotopic (exact) mass is 394 g/mol. The van der Waals surface area contributed by atoms with Crippen molar-refractivity contribution in [2.75, 3.05) is 25.1 Å². The van der Waals surface area contributed by atoms with Crippen molar-refractivity contribution in [2.45, 2.75) is 38.6 Å². The van der Waals surface area contributed by atoms with E-state index in [9.17, 15) is 9.59 Å². The summed E-state index contributed by atoms with van der Waals surface area (Å²) in [5.41, 5.74) is 1.77. The van der Waals surface area contributed by atoms with Crippen LogP contribution in [-0.2, 0) is 0 Å². The summed E-state index contributed by atoms with van der Waals surface area (Å²) in [7, 11) is 0. The van der Waals surface area contributed by atoms with Gasteiger partial charge in [-0.15, -0.1) is 0 Å². The van der Waals surface area contributed by atoms with Crippen molar-refractivity contribution < 1.29 is 19.1 Å². The highest BCUT2D eigenvalue weighted by Crippen LogP contribution is 2.32. The van der Waals surface area contributed by atoms with Gasteiger partial charge in [0, 0.05) is 35.5 Å². The molecule has 152 valence electrons. The van der Waals surface area contributed by atoms with Crippen molar-refractivity contribution in [3.8, 4) is 11.5 Å². The summed E-state index contributed by atoms with van der Waals surface area (Å²) < 4.78 is 11.0. The second kappa shape index (κ2) is 8.55. The van der Waals surface area contributed by atoms with Crippen LogP contribution < -0.4 is 14.8 Å². The molecule has 2 aliphatic heterocycles. The lowest BCUT2D eigenvalue weighted by atomic mass is 9.98. The molecule has 1 atom stereocenters. The van der Waals surface area contributed by atoms with Gasteiger partial charge in [0.05, 0.1) is 0 Å². The number of anilines is 1. The quantitative estimate of drug-likeness (QED) is 0.847. The van der Waals surface area contributed by atoms with Gasteiger partial charge in [-0.2, -0.15) is 0 Å². The van der Waals surface area contributed by atoms with Crippen molar-refractivity contribution in [3.63, 3.8) is 0 Å². The van der Waals surface area contributed by atoms with Crippen molar-refractivity contribution in [1.82, 2.24) is 4.90 Å². The molecular weight excluding hydrogens is 368 g/mol. The maximum Gasteiger partial charge on any atom is 0.255 e. The van der Waals surface area contributed by atoms with E-state index in [2.05, 4.69) is 12.2 Å². The van der Waals surface area contributed by atoms with Crippen LogP contribution in [0, 0.1) is 0 Å². The molecule has 2 aromatic carbocycles. The van der Waals surface area contributed by atoms with Crippen LogP contribution in [0.25, 0.3) is 0 Å². The number of likely N-dealkylation sites (tertiary alicyclic amines) is 1. The molecule has 2 amide bonds. The SMILES string of the molecule is CCC1CCCCN1C(=O)c1ccc(C(=O)Nc2ccc3c(c2)OCCO3)cc1. The first-order chi connectivity index (χ1) is 14.2. The van der Waals surface area contributed by atoms with E-state index in [1.54, 1.807) is 42.5 Å². The fourth-order valence-corrected chi connectivity index (χ4v) is 3.95. The summed E-state index contributed by atoms with van der Waals surface area (Å²) in [5.74, 6) is 1.13. The van der Waals surface area contributed by atoms with E-state index in [1.807, 2.05) is 4.90 Å². The number of ether oxygens (including phenoxy) is 2. The van der Waals surface area contributed by atoms with Crippen LogP contribution in [0.1, 0.15) is 53.3 Å². The Bertz CT molecular complexity index is 894. The van der Waals surface area contributed by atoms with E-state index >= 15 is 0 Å². The number of nitrogens with one attached hydrogen (secondary N) is 1. The molecule has 1 N–H and O–H groups in total. The summed E-state index contributed by atoms with van der Waals surface area (Å²) in [6.45, 7) is 3.96. The van der Waals surface area contributed by atoms with Gasteiger partial charge in [-0.3, -0.25) is 9.59 Å². The number of piperidine rings is 1. The minimum atomic E-state index is -0.231. The zero-order valence-corrected chi connectivity index (χ0v) is 16.6. The third-order valence-electron chi connectivity index (χ3n) is 5.55. The maximum absolute atomic E-state index is 12.9. The second-order valence-electron chi connectivity index (χ2n) is 7.45. The van der Waals surface area contributed by atoms with E-state index in [1.165, 1.54) is 6.42 Å². The molecule has 0 bridgehead atoms. The fourth-order valence-electron chi connectivity index (χ4n) is 3.95. The number of fused-ring (bicyclic) bond motifs is 1. The number of hydrogen-bond acceptors (Lipinski definition) is 4. The maximum atomic E-state index is 12.9. The van der Waals surface area contributed by atoms with Crippen LogP contribution in [0.4, 0.5) is 5.69 Å². The molecule has 1 saturated heterocycles. The Kier molecular flexibility index (Phi) is 5.69. The lowest BCUT2D eigenvalue weighted by Gasteiger charge is -2.35. The van der Waals surface area contributed by atoms with E-state index in [4.69, 9.17) is 9.47 Å². The van der Waals surface area contributed by atoms with E-state index in [0.717, 1.165) is 25.8 Å². The molecule has 0 spiro atoms. The molecule has 1 fully saturated rings. The molecule has 0 aromatic heterocycles. The van der Waals surface area contributed by atoms with Crippen LogP contribution in [-0.4, -0.2) is 42.5 Å². The van der Waals surface area contributed by atoms with Crippen molar-refractivity contribution >= 4 is 17.5 Å². The Labute approximate surface area is 170 Å². The third kappa shape index (κ3) is 4.21. The van der Waals surface area contributed by atoms with Crippen LogP contribution in [0.3, 0.4) is 0 Å². The van der Waals surface area contributed by atoms with Gasteiger partial charge in [0.1, 0.15) is 13.2 Å². The van der Waals surface area contributed by atoms with Crippen molar-refractivity contribution in [2.24, 2.45) is 0 Å². The predicted octanol–water partition coefficient (Wildman–Crippen LogP) is 4.11. The van der Waals surface area contributed by atoms with Gasteiger partial charge < -0.3 is 19.7 Å². The highest BCUT2D eigenvalue weighted by Gasteiger charge is 2.26. The molecule has 4 rings (SSSR count). The molecule has 2 heterocycles. The summed E-state index contributed by atoms with van der Waals surface area (Å²) >= 11 is 0. The van der Waals surface area contributed by atoms with E-state index < -0.39 is 0 Å². The minimum Gasteiger partial charge on any atom is -0.486 e. The average Bonchev–Trinajstić information content (AvgIpc) is 2.78. The Morgan fingerprint density at radius 2 is 1.72 bits per heavy atom. The molecule has 29 heavy (non-hydrogen) atoms. The summed E-state index contributed by atoms with van der Waals surface area (Å²) in [6.07, 6.45) is 4.28. The highest BCUT2D eigenvalue weighted by atomic mass is 16.6. The van der Waals surface area contributed by atoms with Crippen molar-refractivity contribution in [1.29, 1.82) is 0 Å². The van der Waals surface area contributed by atoms with Gasteiger partial charge in [0.25, 0.3) is 11.8 Å². The Morgan fingerprint density at radius 1 is 1.00 bits per heavy atom. The Balaban J connectivity index is 1.43. The van der Waals surface area contributed by atoms with Crippen LogP contribution in [0.5, 0.6) is 11.5 Å². The van der Waals surface area contributed by atoms with Gasteiger partial charge in [0.15, 0.2) is 11.5 Å². The summed E-state index contributed by atoms with van der Waals surface area (Å²) in [4.78, 5) is 27.4. The standard InChI is InChI=1S/C23H26N2O4/c1-2-19-5-3-4-12-25(19)23(27)17-8-6-16(7-9-17)22(26)24-18-10-11-20-21(15-18)29-14-13-28-20/h6-11,15,19H,2-5,12-14H2,1H3,(H,24,26). The first-order valence-electron chi connectivity index (χ1n) is 10.3. The summed E-state index contributed by atoms with van der Waals surface area (Å²) in [5, 5.41) is 2.87. The number of benzene rings is 2. The molecular formula is C23H26N2O4. The molecule has 6 nitrogen and oxygen atoms in total. The lowest BCUT2D eigenvalue weighted by molar-refractivity contribution is 0.0607. The number of nitrogens with zero attached hydrogens (tertiary/aromatic N) is 1. The van der Waals surface area contributed by atoms with E-state index in [0.29, 0.717) is 47.6 Å². The predicted molar refractivity (Wildman–Crippen MR) is 111 cm³/mol. The molecule has 1 unspecified atom stereocenters. The molecule has 0 aliphatic carbocycles. The second-order valence-corrected chi connectivity index (χ2v) is 7.45. The smallest absolute Gasteiger partial charge is 0.255 e. The number of carbonyl (C=O) groups is 2. The largest absolute Gasteiger partial charge is 0.486 e. The minimum absolute atomic E-state index is 0.0512. The van der Waals surface area contributed by atoms with Gasteiger partial charge >= 0.3 is 0 Å². The third-order valence-corrected chi connectivity index (χ3v) is 5.55. The number of carbonyl (C=O) groups excluding carboxylic acids is 2. The van der Waals surface area contributed by atoms with Crippen molar-refractivity contribution in [3.05, 3.63) is 53.6 Å². The zero-order chi connectivity index (χ0) is 20.2. The fraction of sp³-hybridized carbons (Fsp3) is 0.391. The molecule has 0 saturated carbocycles. The van der Waals surface area contributed by atoms with Gasteiger partial charge in [0.2, 0.25) is 0 Å². The van der Waals surface area contributed by atoms with Gasteiger partial charge in [-0.25, -0.2) is 0 Å². The van der Waals surface area contributed by atoms with Crippen LogP contribution >= 0.6 is 0 Å². The van der Waals surface area contributed by atoms with Gasteiger partial charge in [-0.05, 0) is 62.1 Å². The number of rotatable bonds is 4. The average molecular weight is 394 g/mol.